The number of hydrogen-bond acceptors (Lipinski definition) is 6. The first-order valence-electron chi connectivity index (χ1n) is 8.00. The number of hydrogen-bond donors (Lipinski definition) is 1. The van der Waals surface area contributed by atoms with Gasteiger partial charge in [-0.3, -0.25) is 9.59 Å². The largest absolute Gasteiger partial charge is 0.493 e. The van der Waals surface area contributed by atoms with E-state index in [9.17, 15) is 9.59 Å². The first-order valence-corrected chi connectivity index (χ1v) is 8.00. The number of amides is 1. The number of anilines is 1. The fourth-order valence-corrected chi connectivity index (χ4v) is 2.56. The van der Waals surface area contributed by atoms with E-state index in [1.54, 1.807) is 18.2 Å². The molecule has 3 rings (SSSR count). The molecule has 0 fully saturated rings. The van der Waals surface area contributed by atoms with Gasteiger partial charge in [-0.05, 0) is 37.6 Å². The summed E-state index contributed by atoms with van der Waals surface area (Å²) >= 11 is 0. The minimum absolute atomic E-state index is 0.0837. The molecular weight excluding hydrogens is 338 g/mol. The fourth-order valence-electron chi connectivity index (χ4n) is 2.56. The van der Waals surface area contributed by atoms with Crippen LogP contribution in [0.4, 0.5) is 5.69 Å². The highest BCUT2D eigenvalue weighted by atomic mass is 16.7. The minimum atomic E-state index is -0.408. The quantitative estimate of drug-likeness (QED) is 0.801. The molecule has 0 atom stereocenters. The molecule has 0 aromatic heterocycles. The van der Waals surface area contributed by atoms with Crippen molar-refractivity contribution in [1.29, 1.82) is 0 Å². The van der Waals surface area contributed by atoms with Gasteiger partial charge in [0.1, 0.15) is 0 Å². The first kappa shape index (κ1) is 17.6. The Balaban J connectivity index is 1.72. The number of carbonyl (C=O) groups is 2. The van der Waals surface area contributed by atoms with Gasteiger partial charge in [0, 0.05) is 11.6 Å². The van der Waals surface area contributed by atoms with Crippen molar-refractivity contribution in [2.75, 3.05) is 25.8 Å². The molecule has 0 saturated heterocycles. The predicted molar refractivity (Wildman–Crippen MR) is 94.4 cm³/mol. The van der Waals surface area contributed by atoms with E-state index in [0.29, 0.717) is 34.2 Å². The minimum Gasteiger partial charge on any atom is -0.493 e. The van der Waals surface area contributed by atoms with Crippen molar-refractivity contribution in [2.45, 2.75) is 13.8 Å². The Bertz CT molecular complexity index is 861. The zero-order chi connectivity index (χ0) is 18.7. The number of ketones is 1. The van der Waals surface area contributed by atoms with Crippen molar-refractivity contribution in [3.05, 3.63) is 41.5 Å². The van der Waals surface area contributed by atoms with Crippen molar-refractivity contribution >= 4 is 17.4 Å². The van der Waals surface area contributed by atoms with Gasteiger partial charge >= 0.3 is 0 Å². The number of aryl methyl sites for hydroxylation is 1. The molecular formula is C19H19NO6. The second kappa shape index (κ2) is 7.35. The van der Waals surface area contributed by atoms with Crippen molar-refractivity contribution in [3.8, 4) is 23.0 Å². The van der Waals surface area contributed by atoms with Crippen molar-refractivity contribution in [3.63, 3.8) is 0 Å². The summed E-state index contributed by atoms with van der Waals surface area (Å²) in [5, 5.41) is 2.68. The van der Waals surface area contributed by atoms with Crippen LogP contribution in [0.3, 0.4) is 0 Å². The van der Waals surface area contributed by atoms with Gasteiger partial charge in [0.05, 0.1) is 12.8 Å². The molecule has 1 aliphatic heterocycles. The number of methoxy groups -OCH3 is 1. The van der Waals surface area contributed by atoms with E-state index in [1.807, 2.05) is 19.1 Å². The summed E-state index contributed by atoms with van der Waals surface area (Å²) in [6, 6.07) is 8.55. The Morgan fingerprint density at radius 3 is 2.54 bits per heavy atom. The third-order valence-corrected chi connectivity index (χ3v) is 3.84. The van der Waals surface area contributed by atoms with E-state index in [2.05, 4.69) is 5.32 Å². The highest BCUT2D eigenvalue weighted by Gasteiger charge is 2.20. The molecule has 7 heteroatoms. The number of carbonyl (C=O) groups excluding carboxylic acids is 2. The standard InChI is InChI=1S/C19H19NO6/c1-11-4-5-15(16(6-11)23-3)24-9-19(22)20-14-8-18-17(25-10-26-18)7-13(14)12(2)21/h4-8H,9-10H2,1-3H3,(H,20,22). The lowest BCUT2D eigenvalue weighted by atomic mass is 10.1. The van der Waals surface area contributed by atoms with Gasteiger partial charge in [-0.25, -0.2) is 0 Å². The molecule has 1 amide bonds. The highest BCUT2D eigenvalue weighted by molar-refractivity contribution is 6.04. The van der Waals surface area contributed by atoms with Gasteiger partial charge in [0.15, 0.2) is 35.4 Å². The topological polar surface area (TPSA) is 83.1 Å². The molecule has 0 spiro atoms. The average molecular weight is 357 g/mol. The number of nitrogens with one attached hydrogen (secondary N) is 1. The van der Waals surface area contributed by atoms with E-state index >= 15 is 0 Å². The van der Waals surface area contributed by atoms with Crippen LogP contribution in [0, 0.1) is 6.92 Å². The van der Waals surface area contributed by atoms with E-state index in [1.165, 1.54) is 14.0 Å². The third-order valence-electron chi connectivity index (χ3n) is 3.84. The van der Waals surface area contributed by atoms with E-state index < -0.39 is 5.91 Å². The van der Waals surface area contributed by atoms with Gasteiger partial charge in [-0.1, -0.05) is 6.07 Å². The highest BCUT2D eigenvalue weighted by Crippen LogP contribution is 2.37. The van der Waals surface area contributed by atoms with Crippen LogP contribution < -0.4 is 24.3 Å². The summed E-state index contributed by atoms with van der Waals surface area (Å²) in [6.07, 6.45) is 0. The lowest BCUT2D eigenvalue weighted by Crippen LogP contribution is -2.21. The maximum atomic E-state index is 12.3. The molecule has 1 N–H and O–H groups in total. The van der Waals surface area contributed by atoms with Gasteiger partial charge in [0.2, 0.25) is 6.79 Å². The SMILES string of the molecule is COc1cc(C)ccc1OCC(=O)Nc1cc2c(cc1C(C)=O)OCO2. The number of rotatable bonds is 6. The summed E-state index contributed by atoms with van der Waals surface area (Å²) in [5.41, 5.74) is 1.71. The number of Topliss-reactive ketones (excluding diaryl/α,β-unsaturated/α-hetero) is 1. The lowest BCUT2D eigenvalue weighted by molar-refractivity contribution is -0.118. The zero-order valence-corrected chi connectivity index (χ0v) is 14.8. The fraction of sp³-hybridized carbons (Fsp3) is 0.263. The van der Waals surface area contributed by atoms with E-state index in [0.717, 1.165) is 5.56 Å². The Kier molecular flexibility index (Phi) is 4.97. The normalized spacial score (nSPS) is 11.8. The van der Waals surface area contributed by atoms with Crippen molar-refractivity contribution < 1.29 is 28.5 Å². The maximum Gasteiger partial charge on any atom is 0.262 e. The van der Waals surface area contributed by atoms with Crippen molar-refractivity contribution in [1.82, 2.24) is 0 Å². The van der Waals surface area contributed by atoms with E-state index in [-0.39, 0.29) is 19.2 Å². The molecule has 7 nitrogen and oxygen atoms in total. The summed E-state index contributed by atoms with van der Waals surface area (Å²) < 4.78 is 21.3. The number of ether oxygens (including phenoxy) is 4. The lowest BCUT2D eigenvalue weighted by Gasteiger charge is -2.13. The predicted octanol–water partition coefficient (Wildman–Crippen LogP) is 2.95. The third kappa shape index (κ3) is 3.72. The molecule has 0 saturated carbocycles. The molecule has 2 aromatic rings. The van der Waals surface area contributed by atoms with Gasteiger partial charge in [-0.2, -0.15) is 0 Å². The zero-order valence-electron chi connectivity index (χ0n) is 14.8. The summed E-state index contributed by atoms with van der Waals surface area (Å²) in [6.45, 7) is 3.20. The van der Waals surface area contributed by atoms with Crippen LogP contribution in [0.2, 0.25) is 0 Å². The molecule has 0 radical (unpaired) electrons. The number of benzene rings is 2. The van der Waals surface area contributed by atoms with E-state index in [4.69, 9.17) is 18.9 Å². The van der Waals surface area contributed by atoms with Crippen LogP contribution in [0.5, 0.6) is 23.0 Å². The molecule has 136 valence electrons. The molecule has 1 aliphatic rings. The summed E-state index contributed by atoms with van der Waals surface area (Å²) in [5.74, 6) is 1.37. The average Bonchev–Trinajstić information content (AvgIpc) is 3.07. The smallest absolute Gasteiger partial charge is 0.262 e. The Hall–Kier alpha value is -3.22. The van der Waals surface area contributed by atoms with Crippen LogP contribution in [0.1, 0.15) is 22.8 Å². The van der Waals surface area contributed by atoms with Crippen molar-refractivity contribution in [2.24, 2.45) is 0 Å². The Morgan fingerprint density at radius 2 is 1.85 bits per heavy atom. The van der Waals surface area contributed by atoms with Gasteiger partial charge in [0.25, 0.3) is 5.91 Å². The number of fused-ring (bicyclic) bond motifs is 1. The molecule has 26 heavy (non-hydrogen) atoms. The monoisotopic (exact) mass is 357 g/mol. The van der Waals surface area contributed by atoms with Crippen LogP contribution >= 0.6 is 0 Å². The second-order valence-electron chi connectivity index (χ2n) is 5.80. The first-order chi connectivity index (χ1) is 12.5. The maximum absolute atomic E-state index is 12.3. The Labute approximate surface area is 150 Å². The van der Waals surface area contributed by atoms with Gasteiger partial charge < -0.3 is 24.3 Å². The molecule has 0 unspecified atom stereocenters. The summed E-state index contributed by atoms with van der Waals surface area (Å²) in [4.78, 5) is 24.1. The molecule has 2 aromatic carbocycles. The van der Waals surface area contributed by atoms with Crippen LogP contribution in [-0.2, 0) is 4.79 Å². The molecule has 0 aliphatic carbocycles. The van der Waals surface area contributed by atoms with Gasteiger partial charge in [-0.15, -0.1) is 0 Å². The Morgan fingerprint density at radius 1 is 1.12 bits per heavy atom. The van der Waals surface area contributed by atoms with Crippen LogP contribution in [-0.4, -0.2) is 32.2 Å². The van der Waals surface area contributed by atoms with Crippen LogP contribution in [0.25, 0.3) is 0 Å². The molecule has 0 bridgehead atoms. The summed E-state index contributed by atoms with van der Waals surface area (Å²) in [7, 11) is 1.54. The van der Waals surface area contributed by atoms with Crippen LogP contribution in [0.15, 0.2) is 30.3 Å². The second-order valence-corrected chi connectivity index (χ2v) is 5.80. The molecule has 1 heterocycles.